The molecule has 0 fully saturated rings. The summed E-state index contributed by atoms with van der Waals surface area (Å²) in [6, 6.07) is 32.6. The van der Waals surface area contributed by atoms with E-state index in [1.807, 2.05) is 72.8 Å². The predicted molar refractivity (Wildman–Crippen MR) is 166 cm³/mol. The summed E-state index contributed by atoms with van der Waals surface area (Å²) in [6.07, 6.45) is 0.470. The van der Waals surface area contributed by atoms with Crippen LogP contribution in [0.2, 0.25) is 0 Å². The number of hydrogen-bond donors (Lipinski definition) is 2. The Morgan fingerprint density at radius 1 is 0.837 bits per heavy atom. The topological polar surface area (TPSA) is 105 Å². The van der Waals surface area contributed by atoms with Gasteiger partial charge in [-0.2, -0.15) is 0 Å². The summed E-state index contributed by atoms with van der Waals surface area (Å²) < 4.78 is 34.5. The SMILES string of the molecule is CC(NS(=O)(=O)c1ccc(CCC(=O)N2CC(C(=O)NCCc3ccccc3)Oc3ccccc32)cc1)c1ccccc1. The van der Waals surface area contributed by atoms with E-state index in [2.05, 4.69) is 10.0 Å². The summed E-state index contributed by atoms with van der Waals surface area (Å²) in [4.78, 5) is 28.2. The van der Waals surface area contributed by atoms with Crippen LogP contribution in [0.3, 0.4) is 0 Å². The lowest BCUT2D eigenvalue weighted by Crippen LogP contribution is -2.51. The lowest BCUT2D eigenvalue weighted by atomic mass is 10.1. The summed E-state index contributed by atoms with van der Waals surface area (Å²) in [6.45, 7) is 2.37. The molecule has 0 aliphatic carbocycles. The summed E-state index contributed by atoms with van der Waals surface area (Å²) in [5.74, 6) is 0.0696. The van der Waals surface area contributed by atoms with Gasteiger partial charge in [-0.25, -0.2) is 13.1 Å². The number of rotatable bonds is 11. The Balaban J connectivity index is 1.18. The molecule has 0 saturated carbocycles. The highest BCUT2D eigenvalue weighted by molar-refractivity contribution is 7.89. The zero-order valence-corrected chi connectivity index (χ0v) is 24.8. The van der Waals surface area contributed by atoms with Gasteiger partial charge in [-0.3, -0.25) is 9.59 Å². The Bertz CT molecular complexity index is 1640. The van der Waals surface area contributed by atoms with Crippen LogP contribution in [0.1, 0.15) is 36.1 Å². The van der Waals surface area contributed by atoms with Crippen molar-refractivity contribution in [3.63, 3.8) is 0 Å². The highest BCUT2D eigenvalue weighted by Gasteiger charge is 2.33. The predicted octanol–water partition coefficient (Wildman–Crippen LogP) is 4.81. The number of hydrogen-bond acceptors (Lipinski definition) is 5. The quantitative estimate of drug-likeness (QED) is 0.258. The van der Waals surface area contributed by atoms with Crippen molar-refractivity contribution in [2.75, 3.05) is 18.0 Å². The van der Waals surface area contributed by atoms with Gasteiger partial charge in [0.2, 0.25) is 15.9 Å². The molecule has 0 aromatic heterocycles. The van der Waals surface area contributed by atoms with E-state index >= 15 is 0 Å². The molecule has 0 bridgehead atoms. The number of fused-ring (bicyclic) bond motifs is 1. The Labute approximate surface area is 252 Å². The van der Waals surface area contributed by atoms with Crippen molar-refractivity contribution in [2.45, 2.75) is 43.2 Å². The van der Waals surface area contributed by atoms with E-state index in [0.29, 0.717) is 30.8 Å². The number of anilines is 1. The monoisotopic (exact) mass is 597 g/mol. The highest BCUT2D eigenvalue weighted by atomic mass is 32.2. The molecule has 8 nitrogen and oxygen atoms in total. The first-order valence-electron chi connectivity index (χ1n) is 14.3. The first-order valence-corrected chi connectivity index (χ1v) is 15.8. The van der Waals surface area contributed by atoms with Crippen molar-refractivity contribution in [2.24, 2.45) is 0 Å². The average Bonchev–Trinajstić information content (AvgIpc) is 3.04. The first-order chi connectivity index (χ1) is 20.8. The minimum absolute atomic E-state index is 0.107. The van der Waals surface area contributed by atoms with E-state index in [0.717, 1.165) is 16.7 Å². The molecule has 2 amide bonds. The number of nitrogens with zero attached hydrogens (tertiary/aromatic N) is 1. The van der Waals surface area contributed by atoms with Crippen LogP contribution < -0.4 is 19.7 Å². The third-order valence-electron chi connectivity index (χ3n) is 7.42. The molecule has 9 heteroatoms. The Hall–Kier alpha value is -4.47. The number of carbonyl (C=O) groups is 2. The summed E-state index contributed by atoms with van der Waals surface area (Å²) in [5.41, 5.74) is 3.46. The van der Waals surface area contributed by atoms with E-state index in [4.69, 9.17) is 4.74 Å². The van der Waals surface area contributed by atoms with Crippen molar-refractivity contribution in [1.29, 1.82) is 0 Å². The molecular formula is C34H35N3O5S. The molecule has 0 saturated heterocycles. The van der Waals surface area contributed by atoms with Crippen molar-refractivity contribution in [3.8, 4) is 5.75 Å². The molecule has 2 unspecified atom stereocenters. The maximum atomic E-state index is 13.4. The van der Waals surface area contributed by atoms with Gasteiger partial charge in [0.15, 0.2) is 6.10 Å². The van der Waals surface area contributed by atoms with Crippen LogP contribution in [-0.2, 0) is 32.5 Å². The normalized spacial score (nSPS) is 15.2. The smallest absolute Gasteiger partial charge is 0.262 e. The summed E-state index contributed by atoms with van der Waals surface area (Å²) >= 11 is 0. The number of amides is 2. The molecule has 4 aromatic rings. The minimum Gasteiger partial charge on any atom is -0.477 e. The zero-order valence-electron chi connectivity index (χ0n) is 24.0. The molecule has 5 rings (SSSR count). The number of sulfonamides is 1. The molecule has 4 aromatic carbocycles. The lowest BCUT2D eigenvalue weighted by molar-refractivity contribution is -0.128. The lowest BCUT2D eigenvalue weighted by Gasteiger charge is -2.34. The van der Waals surface area contributed by atoms with Gasteiger partial charge in [-0.15, -0.1) is 0 Å². The van der Waals surface area contributed by atoms with Crippen molar-refractivity contribution < 1.29 is 22.7 Å². The zero-order chi connectivity index (χ0) is 30.2. The molecule has 222 valence electrons. The van der Waals surface area contributed by atoms with Crippen molar-refractivity contribution in [3.05, 3.63) is 126 Å². The number of carbonyl (C=O) groups excluding carboxylic acids is 2. The van der Waals surface area contributed by atoms with Crippen LogP contribution in [0.5, 0.6) is 5.75 Å². The van der Waals surface area contributed by atoms with Gasteiger partial charge >= 0.3 is 0 Å². The van der Waals surface area contributed by atoms with Gasteiger partial charge in [-0.1, -0.05) is 84.9 Å². The van der Waals surface area contributed by atoms with Crippen molar-refractivity contribution in [1.82, 2.24) is 10.0 Å². The van der Waals surface area contributed by atoms with E-state index in [9.17, 15) is 18.0 Å². The Kier molecular flexibility index (Phi) is 9.54. The molecule has 0 radical (unpaired) electrons. The van der Waals surface area contributed by atoms with E-state index in [1.54, 1.807) is 48.2 Å². The first kappa shape index (κ1) is 30.0. The van der Waals surface area contributed by atoms with Crippen molar-refractivity contribution >= 4 is 27.5 Å². The van der Waals surface area contributed by atoms with Crippen LogP contribution in [0, 0.1) is 0 Å². The largest absolute Gasteiger partial charge is 0.477 e. The molecule has 1 aliphatic heterocycles. The Morgan fingerprint density at radius 3 is 2.19 bits per heavy atom. The van der Waals surface area contributed by atoms with Gasteiger partial charge in [0, 0.05) is 19.0 Å². The van der Waals surface area contributed by atoms with E-state index < -0.39 is 16.1 Å². The second-order valence-electron chi connectivity index (χ2n) is 10.5. The Morgan fingerprint density at radius 2 is 1.47 bits per heavy atom. The summed E-state index contributed by atoms with van der Waals surface area (Å²) in [7, 11) is -3.72. The van der Waals surface area contributed by atoms with E-state index in [1.165, 1.54) is 0 Å². The van der Waals surface area contributed by atoms with Gasteiger partial charge in [0.25, 0.3) is 5.91 Å². The van der Waals surface area contributed by atoms with Gasteiger partial charge in [0.05, 0.1) is 17.1 Å². The third-order valence-corrected chi connectivity index (χ3v) is 8.97. The molecule has 2 N–H and O–H groups in total. The number of ether oxygens (including phenoxy) is 1. The third kappa shape index (κ3) is 7.68. The molecule has 43 heavy (non-hydrogen) atoms. The molecule has 1 heterocycles. The number of aryl methyl sites for hydroxylation is 1. The number of benzene rings is 4. The maximum absolute atomic E-state index is 13.4. The van der Waals surface area contributed by atoms with E-state index in [-0.39, 0.29) is 35.7 Å². The van der Waals surface area contributed by atoms with Gasteiger partial charge in [-0.05, 0) is 60.7 Å². The second-order valence-corrected chi connectivity index (χ2v) is 12.2. The molecule has 2 atom stereocenters. The van der Waals surface area contributed by atoms with Gasteiger partial charge < -0.3 is 15.0 Å². The summed E-state index contributed by atoms with van der Waals surface area (Å²) in [5, 5.41) is 2.93. The van der Waals surface area contributed by atoms with Crippen LogP contribution in [-0.4, -0.2) is 39.4 Å². The van der Waals surface area contributed by atoms with Crippen LogP contribution >= 0.6 is 0 Å². The van der Waals surface area contributed by atoms with Gasteiger partial charge in [0.1, 0.15) is 5.75 Å². The van der Waals surface area contributed by atoms with Crippen LogP contribution in [0.25, 0.3) is 0 Å². The minimum atomic E-state index is -3.72. The second kappa shape index (κ2) is 13.7. The molecule has 0 spiro atoms. The highest BCUT2D eigenvalue weighted by Crippen LogP contribution is 2.33. The fourth-order valence-electron chi connectivity index (χ4n) is 5.03. The molecule has 1 aliphatic rings. The van der Waals surface area contributed by atoms with Crippen LogP contribution in [0.4, 0.5) is 5.69 Å². The number of para-hydroxylation sites is 2. The maximum Gasteiger partial charge on any atom is 0.262 e. The fraction of sp³-hybridized carbons (Fsp3) is 0.235. The standard InChI is InChI=1S/C34H35N3O5S/c1-25(28-12-6-3-7-13-28)36-43(40,41)29-19-16-27(17-20-29)18-21-33(38)37-24-32(42-31-15-9-8-14-30(31)37)34(39)35-23-22-26-10-4-2-5-11-26/h2-17,19-20,25,32,36H,18,21-24H2,1H3,(H,35,39). The molecular weight excluding hydrogens is 562 g/mol. The number of nitrogens with one attached hydrogen (secondary N) is 2. The van der Waals surface area contributed by atoms with Crippen LogP contribution in [0.15, 0.2) is 114 Å². The average molecular weight is 598 g/mol. The fourth-order valence-corrected chi connectivity index (χ4v) is 6.26.